The molecule has 1 unspecified atom stereocenters. The third-order valence-corrected chi connectivity index (χ3v) is 5.14. The summed E-state index contributed by atoms with van der Waals surface area (Å²) in [4.78, 5) is 17.4. The molecule has 1 atom stereocenters. The highest BCUT2D eigenvalue weighted by molar-refractivity contribution is 6.12. The van der Waals surface area contributed by atoms with Crippen LogP contribution in [0.5, 0.6) is 0 Å². The van der Waals surface area contributed by atoms with Crippen molar-refractivity contribution in [2.45, 2.75) is 33.7 Å². The first-order valence-electron chi connectivity index (χ1n) is 9.34. The third kappa shape index (κ3) is 3.63. The van der Waals surface area contributed by atoms with Crippen molar-refractivity contribution < 1.29 is 4.79 Å². The van der Waals surface area contributed by atoms with Crippen LogP contribution >= 0.6 is 0 Å². The first-order chi connectivity index (χ1) is 13.3. The van der Waals surface area contributed by atoms with Crippen molar-refractivity contribution >= 4 is 28.6 Å². The van der Waals surface area contributed by atoms with Crippen LogP contribution in [0.1, 0.15) is 43.7 Å². The van der Waals surface area contributed by atoms with E-state index in [0.717, 1.165) is 27.8 Å². The lowest BCUT2D eigenvalue weighted by atomic mass is 9.88. The van der Waals surface area contributed by atoms with Gasteiger partial charge in [-0.25, -0.2) is 4.98 Å². The maximum Gasteiger partial charge on any atom is 0.253 e. The van der Waals surface area contributed by atoms with Gasteiger partial charge in [0.15, 0.2) is 0 Å². The van der Waals surface area contributed by atoms with Crippen molar-refractivity contribution in [3.05, 3.63) is 48.3 Å². The number of hydrogen-bond acceptors (Lipinski definition) is 4. The molecule has 0 bridgehead atoms. The van der Waals surface area contributed by atoms with E-state index in [9.17, 15) is 4.79 Å². The Kier molecular flexibility index (Phi) is 5.23. The number of fused-ring (bicyclic) bond motifs is 1. The van der Waals surface area contributed by atoms with Gasteiger partial charge in [0.05, 0.1) is 17.0 Å². The Morgan fingerprint density at radius 2 is 2.00 bits per heavy atom. The highest BCUT2D eigenvalue weighted by Gasteiger charge is 2.23. The molecular weight excluding hydrogens is 350 g/mol. The van der Waals surface area contributed by atoms with Gasteiger partial charge in [0.1, 0.15) is 5.82 Å². The average molecular weight is 377 g/mol. The van der Waals surface area contributed by atoms with E-state index >= 15 is 0 Å². The van der Waals surface area contributed by atoms with E-state index in [1.54, 1.807) is 19.3 Å². The van der Waals surface area contributed by atoms with Crippen LogP contribution < -0.4 is 10.6 Å². The Morgan fingerprint density at radius 3 is 2.57 bits per heavy atom. The number of H-pyrrole nitrogens is 1. The minimum atomic E-state index is -0.190. The summed E-state index contributed by atoms with van der Waals surface area (Å²) in [6.45, 7) is 12.5. The van der Waals surface area contributed by atoms with Gasteiger partial charge < -0.3 is 10.6 Å². The van der Waals surface area contributed by atoms with E-state index in [2.05, 4.69) is 55.1 Å². The molecule has 1 amide bonds. The van der Waals surface area contributed by atoms with Gasteiger partial charge in [0.2, 0.25) is 0 Å². The molecule has 3 N–H and O–H groups in total. The van der Waals surface area contributed by atoms with Crippen molar-refractivity contribution in [3.63, 3.8) is 0 Å². The molecule has 0 aliphatic rings. The van der Waals surface area contributed by atoms with E-state index in [-0.39, 0.29) is 17.4 Å². The number of aromatic amines is 1. The minimum absolute atomic E-state index is 0.0532. The Bertz CT molecular complexity index is 1020. The lowest BCUT2D eigenvalue weighted by Gasteiger charge is -2.29. The highest BCUT2D eigenvalue weighted by atomic mass is 16.1. The quantitative estimate of drug-likeness (QED) is 0.612. The predicted molar refractivity (Wildman–Crippen MR) is 115 cm³/mol. The van der Waals surface area contributed by atoms with Crippen LogP contribution in [0.25, 0.3) is 28.1 Å². The van der Waals surface area contributed by atoms with Crippen LogP contribution in [-0.2, 0) is 0 Å². The van der Waals surface area contributed by atoms with Gasteiger partial charge in [-0.15, -0.1) is 0 Å². The largest absolute Gasteiger partial charge is 0.367 e. The minimum Gasteiger partial charge on any atom is -0.367 e. The second kappa shape index (κ2) is 7.46. The monoisotopic (exact) mass is 377 g/mol. The van der Waals surface area contributed by atoms with Crippen molar-refractivity contribution in [3.8, 4) is 11.3 Å². The van der Waals surface area contributed by atoms with Crippen LogP contribution in [0.3, 0.4) is 0 Å². The molecule has 6 heteroatoms. The fourth-order valence-corrected chi connectivity index (χ4v) is 2.96. The van der Waals surface area contributed by atoms with Crippen molar-refractivity contribution in [1.82, 2.24) is 20.5 Å². The van der Waals surface area contributed by atoms with E-state index in [4.69, 9.17) is 4.98 Å². The molecule has 6 nitrogen and oxygen atoms in total. The number of hydrogen-bond donors (Lipinski definition) is 3. The molecule has 0 spiro atoms. The molecule has 146 valence electrons. The Labute approximate surface area is 165 Å². The number of nitrogens with zero attached hydrogens (tertiary/aromatic N) is 2. The summed E-state index contributed by atoms with van der Waals surface area (Å²) in [5.41, 5.74) is 2.96. The molecule has 1 aromatic carbocycles. The van der Waals surface area contributed by atoms with E-state index < -0.39 is 0 Å². The molecule has 0 aliphatic heterocycles. The number of rotatable bonds is 5. The van der Waals surface area contributed by atoms with Gasteiger partial charge in [-0.3, -0.25) is 9.89 Å². The maximum atomic E-state index is 12.7. The average Bonchev–Trinajstić information content (AvgIpc) is 3.20. The summed E-state index contributed by atoms with van der Waals surface area (Å²) >= 11 is 0. The summed E-state index contributed by atoms with van der Waals surface area (Å²) in [5.74, 6) is 0.556. The number of benzene rings is 1. The summed E-state index contributed by atoms with van der Waals surface area (Å²) in [5, 5.41) is 15.0. The molecular formula is C22H27N5O. The zero-order chi connectivity index (χ0) is 20.5. The number of amides is 1. The van der Waals surface area contributed by atoms with Gasteiger partial charge >= 0.3 is 0 Å². The van der Waals surface area contributed by atoms with Gasteiger partial charge in [0, 0.05) is 35.6 Å². The van der Waals surface area contributed by atoms with Gasteiger partial charge in [-0.1, -0.05) is 33.4 Å². The maximum absolute atomic E-state index is 12.7. The first-order valence-corrected chi connectivity index (χ1v) is 9.34. The van der Waals surface area contributed by atoms with Gasteiger partial charge in [0.25, 0.3) is 5.91 Å². The van der Waals surface area contributed by atoms with Crippen LogP contribution in [0.4, 0.5) is 5.82 Å². The number of carbonyl (C=O) groups is 1. The second-order valence-corrected chi connectivity index (χ2v) is 7.97. The third-order valence-electron chi connectivity index (χ3n) is 5.14. The second-order valence-electron chi connectivity index (χ2n) is 7.97. The van der Waals surface area contributed by atoms with Crippen LogP contribution in [0.15, 0.2) is 37.0 Å². The number of pyridine rings is 1. The molecule has 0 aliphatic carbocycles. The van der Waals surface area contributed by atoms with Crippen LogP contribution in [0, 0.1) is 5.41 Å². The molecule has 2 heterocycles. The molecule has 0 radical (unpaired) electrons. The Morgan fingerprint density at radius 1 is 1.25 bits per heavy atom. The summed E-state index contributed by atoms with van der Waals surface area (Å²) in [7, 11) is 1.62. The van der Waals surface area contributed by atoms with Crippen LogP contribution in [-0.4, -0.2) is 34.2 Å². The number of nitrogens with one attached hydrogen (secondary N) is 3. The fraction of sp³-hybridized carbons (Fsp3) is 0.318. The molecule has 0 saturated heterocycles. The molecule has 0 saturated carbocycles. The summed E-state index contributed by atoms with van der Waals surface area (Å²) < 4.78 is 0. The topological polar surface area (TPSA) is 82.7 Å². The summed E-state index contributed by atoms with van der Waals surface area (Å²) in [6.07, 6.45) is 3.33. The van der Waals surface area contributed by atoms with E-state index in [1.807, 2.05) is 24.3 Å². The van der Waals surface area contributed by atoms with E-state index in [1.165, 1.54) is 0 Å². The van der Waals surface area contributed by atoms with E-state index in [0.29, 0.717) is 11.3 Å². The zero-order valence-electron chi connectivity index (χ0n) is 17.1. The standard InChI is InChI=1S/C22H27N5O/c1-7-17-19(21(28)23-6)16-12-14(18-10-11-24-27-18)8-9-15(16)20(26-17)25-13(2)22(3,4)5/h7-13H,1H2,2-6H3,(H,23,28)(H,24,27)(H,25,26). The Balaban J connectivity index is 2.28. The lowest BCUT2D eigenvalue weighted by molar-refractivity contribution is 0.0964. The number of anilines is 1. The number of carbonyl (C=O) groups excluding carboxylic acids is 1. The van der Waals surface area contributed by atoms with Crippen molar-refractivity contribution in [2.24, 2.45) is 5.41 Å². The Hall–Kier alpha value is -3.15. The molecule has 3 aromatic rings. The van der Waals surface area contributed by atoms with Gasteiger partial charge in [-0.05, 0) is 36.6 Å². The molecule has 2 aromatic heterocycles. The highest BCUT2D eigenvalue weighted by Crippen LogP contribution is 2.33. The molecule has 28 heavy (non-hydrogen) atoms. The van der Waals surface area contributed by atoms with Gasteiger partial charge in [-0.2, -0.15) is 5.10 Å². The first kappa shape index (κ1) is 19.6. The fourth-order valence-electron chi connectivity index (χ4n) is 2.96. The SMILES string of the molecule is C=Cc1nc(NC(C)C(C)(C)C)c2ccc(-c3ccn[nH]3)cc2c1C(=O)NC. The van der Waals surface area contributed by atoms with Crippen LogP contribution in [0.2, 0.25) is 0 Å². The van der Waals surface area contributed by atoms with Crippen molar-refractivity contribution in [2.75, 3.05) is 12.4 Å². The predicted octanol–water partition coefficient (Wildman–Crippen LogP) is 4.47. The zero-order valence-corrected chi connectivity index (χ0v) is 17.1. The lowest BCUT2D eigenvalue weighted by Crippen LogP contribution is -2.31. The molecule has 0 fully saturated rings. The summed E-state index contributed by atoms with van der Waals surface area (Å²) in [6, 6.07) is 8.08. The molecule has 3 rings (SSSR count). The smallest absolute Gasteiger partial charge is 0.253 e. The normalized spacial score (nSPS) is 12.6. The van der Waals surface area contributed by atoms with Crippen molar-refractivity contribution in [1.29, 1.82) is 0 Å². The number of aromatic nitrogens is 3.